The number of piperidine rings is 1. The van der Waals surface area contributed by atoms with Gasteiger partial charge in [-0.2, -0.15) is 4.31 Å². The first kappa shape index (κ1) is 18.8. The van der Waals surface area contributed by atoms with Gasteiger partial charge in [0, 0.05) is 24.5 Å². The Bertz CT molecular complexity index is 858. The lowest BCUT2D eigenvalue weighted by atomic mass is 9.92. The van der Waals surface area contributed by atoms with Crippen LogP contribution in [0.15, 0.2) is 23.1 Å². The van der Waals surface area contributed by atoms with Gasteiger partial charge in [-0.15, -0.1) is 11.3 Å². The van der Waals surface area contributed by atoms with Crippen molar-refractivity contribution in [2.24, 2.45) is 11.7 Å². The van der Waals surface area contributed by atoms with Gasteiger partial charge in [0.15, 0.2) is 0 Å². The predicted octanol–water partition coefficient (Wildman–Crippen LogP) is 3.34. The molecule has 3 rings (SSSR count). The van der Waals surface area contributed by atoms with Gasteiger partial charge in [-0.25, -0.2) is 13.4 Å². The van der Waals surface area contributed by atoms with E-state index in [0.29, 0.717) is 23.9 Å². The van der Waals surface area contributed by atoms with Gasteiger partial charge in [0.1, 0.15) is 0 Å². The van der Waals surface area contributed by atoms with Crippen molar-refractivity contribution in [1.82, 2.24) is 9.29 Å². The highest BCUT2D eigenvalue weighted by atomic mass is 32.2. The molecule has 25 heavy (non-hydrogen) atoms. The largest absolute Gasteiger partial charge is 0.328 e. The molecule has 0 aliphatic carbocycles. The van der Waals surface area contributed by atoms with Gasteiger partial charge in [-0.3, -0.25) is 0 Å². The Morgan fingerprint density at radius 1 is 1.28 bits per heavy atom. The SMILES string of the molecule is CC(N)C1CCN(S(=O)(=O)c2ccc3nc(C(C)(C)C)sc3c2)CC1. The zero-order chi connectivity index (χ0) is 18.4. The summed E-state index contributed by atoms with van der Waals surface area (Å²) in [5.74, 6) is 0.407. The van der Waals surface area contributed by atoms with Crippen LogP contribution >= 0.6 is 11.3 Å². The number of sulfonamides is 1. The highest BCUT2D eigenvalue weighted by Crippen LogP contribution is 2.33. The zero-order valence-electron chi connectivity index (χ0n) is 15.3. The number of nitrogens with two attached hydrogens (primary N) is 1. The van der Waals surface area contributed by atoms with Gasteiger partial charge in [-0.1, -0.05) is 20.8 Å². The smallest absolute Gasteiger partial charge is 0.243 e. The number of rotatable bonds is 3. The number of hydrogen-bond acceptors (Lipinski definition) is 5. The minimum Gasteiger partial charge on any atom is -0.328 e. The molecule has 0 spiro atoms. The molecule has 1 aromatic heterocycles. The maximum absolute atomic E-state index is 13.0. The monoisotopic (exact) mass is 381 g/mol. The molecule has 1 fully saturated rings. The molecule has 1 atom stereocenters. The van der Waals surface area contributed by atoms with Gasteiger partial charge in [-0.05, 0) is 43.9 Å². The topological polar surface area (TPSA) is 76.3 Å². The van der Waals surface area contributed by atoms with E-state index in [-0.39, 0.29) is 11.5 Å². The minimum atomic E-state index is -3.46. The Morgan fingerprint density at radius 3 is 2.48 bits per heavy atom. The fourth-order valence-corrected chi connectivity index (χ4v) is 5.81. The van der Waals surface area contributed by atoms with Crippen molar-refractivity contribution in [2.45, 2.75) is 56.9 Å². The van der Waals surface area contributed by atoms with Crippen LogP contribution in [0.3, 0.4) is 0 Å². The lowest BCUT2D eigenvalue weighted by Crippen LogP contribution is -2.42. The molecule has 1 aliphatic heterocycles. The lowest BCUT2D eigenvalue weighted by Gasteiger charge is -2.32. The highest BCUT2D eigenvalue weighted by molar-refractivity contribution is 7.89. The molecule has 7 heteroatoms. The number of thiazole rings is 1. The second kappa shape index (κ2) is 6.61. The van der Waals surface area contributed by atoms with Crippen LogP contribution in [0.1, 0.15) is 45.5 Å². The van der Waals surface area contributed by atoms with Crippen molar-refractivity contribution in [3.63, 3.8) is 0 Å². The van der Waals surface area contributed by atoms with Crippen LogP contribution in [-0.2, 0) is 15.4 Å². The first-order valence-corrected chi connectivity index (χ1v) is 11.0. The van der Waals surface area contributed by atoms with Crippen molar-refractivity contribution in [3.05, 3.63) is 23.2 Å². The van der Waals surface area contributed by atoms with Crippen molar-refractivity contribution in [3.8, 4) is 0 Å². The standard InChI is InChI=1S/C18H27N3O2S2/c1-12(19)13-7-9-21(10-8-13)25(22,23)14-5-6-15-16(11-14)24-17(20-15)18(2,3)4/h5-6,11-13H,7-10,19H2,1-4H3. The van der Waals surface area contributed by atoms with Crippen LogP contribution in [0.2, 0.25) is 0 Å². The normalized spacial score (nSPS) is 19.4. The Balaban J connectivity index is 1.87. The summed E-state index contributed by atoms with van der Waals surface area (Å²) in [6.07, 6.45) is 1.65. The fraction of sp³-hybridized carbons (Fsp3) is 0.611. The molecule has 0 radical (unpaired) electrons. The first-order valence-electron chi connectivity index (χ1n) is 8.76. The Hall–Kier alpha value is -1.02. The van der Waals surface area contributed by atoms with Gasteiger partial charge in [0.2, 0.25) is 10.0 Å². The quantitative estimate of drug-likeness (QED) is 0.885. The van der Waals surface area contributed by atoms with E-state index in [2.05, 4.69) is 25.8 Å². The van der Waals surface area contributed by atoms with Gasteiger partial charge >= 0.3 is 0 Å². The van der Waals surface area contributed by atoms with E-state index in [4.69, 9.17) is 5.73 Å². The minimum absolute atomic E-state index is 0.0382. The summed E-state index contributed by atoms with van der Waals surface area (Å²) in [7, 11) is -3.46. The highest BCUT2D eigenvalue weighted by Gasteiger charge is 2.31. The maximum atomic E-state index is 13.0. The predicted molar refractivity (Wildman–Crippen MR) is 103 cm³/mol. The van der Waals surface area contributed by atoms with Gasteiger partial charge in [0.25, 0.3) is 0 Å². The van der Waals surface area contributed by atoms with Crippen LogP contribution in [0.25, 0.3) is 10.2 Å². The van der Waals surface area contributed by atoms with Crippen molar-refractivity contribution < 1.29 is 8.42 Å². The summed E-state index contributed by atoms with van der Waals surface area (Å²) in [6.45, 7) is 9.44. The number of nitrogens with zero attached hydrogens (tertiary/aromatic N) is 2. The number of benzene rings is 1. The van der Waals surface area contributed by atoms with E-state index in [1.54, 1.807) is 27.8 Å². The molecule has 2 aromatic rings. The summed E-state index contributed by atoms with van der Waals surface area (Å²) < 4.78 is 28.5. The summed E-state index contributed by atoms with van der Waals surface area (Å²) in [6, 6.07) is 5.40. The molecular formula is C18H27N3O2S2. The van der Waals surface area contributed by atoms with E-state index in [1.807, 2.05) is 13.0 Å². The third kappa shape index (κ3) is 3.74. The average Bonchev–Trinajstić information content (AvgIpc) is 2.98. The number of hydrogen-bond donors (Lipinski definition) is 1. The first-order chi connectivity index (χ1) is 11.6. The molecule has 2 heterocycles. The van der Waals surface area contributed by atoms with Crippen LogP contribution in [0, 0.1) is 5.92 Å². The maximum Gasteiger partial charge on any atom is 0.243 e. The zero-order valence-corrected chi connectivity index (χ0v) is 17.0. The average molecular weight is 382 g/mol. The van der Waals surface area contributed by atoms with E-state index in [0.717, 1.165) is 28.1 Å². The van der Waals surface area contributed by atoms with Crippen molar-refractivity contribution in [2.75, 3.05) is 13.1 Å². The Morgan fingerprint density at radius 2 is 1.92 bits per heavy atom. The lowest BCUT2D eigenvalue weighted by molar-refractivity contribution is 0.251. The summed E-state index contributed by atoms with van der Waals surface area (Å²) >= 11 is 1.57. The molecule has 0 saturated carbocycles. The van der Waals surface area contributed by atoms with Crippen molar-refractivity contribution in [1.29, 1.82) is 0 Å². The molecule has 5 nitrogen and oxygen atoms in total. The van der Waals surface area contributed by atoms with Crippen LogP contribution in [0.5, 0.6) is 0 Å². The molecular weight excluding hydrogens is 354 g/mol. The third-order valence-corrected chi connectivity index (χ3v) is 8.22. The summed E-state index contributed by atoms with van der Waals surface area (Å²) in [4.78, 5) is 5.01. The van der Waals surface area contributed by atoms with Crippen LogP contribution in [0.4, 0.5) is 0 Å². The fourth-order valence-electron chi connectivity index (χ4n) is 3.18. The van der Waals surface area contributed by atoms with E-state index >= 15 is 0 Å². The number of fused-ring (bicyclic) bond motifs is 1. The van der Waals surface area contributed by atoms with E-state index in [1.165, 1.54) is 0 Å². The van der Waals surface area contributed by atoms with Crippen LogP contribution < -0.4 is 5.73 Å². The molecule has 1 unspecified atom stereocenters. The molecule has 1 saturated heterocycles. The summed E-state index contributed by atoms with van der Waals surface area (Å²) in [5, 5.41) is 1.02. The Kier molecular flexibility index (Phi) is 4.96. The Labute approximate surface area is 154 Å². The third-order valence-electron chi connectivity index (χ3n) is 4.88. The van der Waals surface area contributed by atoms with Crippen LogP contribution in [-0.4, -0.2) is 36.8 Å². The molecule has 2 N–H and O–H groups in total. The summed E-state index contributed by atoms with van der Waals surface area (Å²) in [5.41, 5.74) is 6.79. The van der Waals surface area contributed by atoms with E-state index in [9.17, 15) is 8.42 Å². The second-order valence-corrected chi connectivity index (χ2v) is 11.0. The van der Waals surface area contributed by atoms with Gasteiger partial charge in [0.05, 0.1) is 20.1 Å². The molecule has 1 aromatic carbocycles. The molecule has 138 valence electrons. The number of aromatic nitrogens is 1. The van der Waals surface area contributed by atoms with E-state index < -0.39 is 10.0 Å². The second-order valence-electron chi connectivity index (χ2n) is 8.00. The molecule has 0 amide bonds. The molecule has 0 bridgehead atoms. The van der Waals surface area contributed by atoms with Crippen molar-refractivity contribution >= 4 is 31.6 Å². The van der Waals surface area contributed by atoms with Gasteiger partial charge < -0.3 is 5.73 Å². The molecule has 1 aliphatic rings.